The molecule has 3 rings (SSSR count). The van der Waals surface area contributed by atoms with E-state index in [-0.39, 0.29) is 12.0 Å². The topological polar surface area (TPSA) is 54.5 Å². The van der Waals surface area contributed by atoms with E-state index in [9.17, 15) is 4.79 Å². The maximum atomic E-state index is 11.6. The van der Waals surface area contributed by atoms with Crippen LogP contribution in [0.1, 0.15) is 31.2 Å². The maximum Gasteiger partial charge on any atom is 0.219 e. The number of hydrogen-bond donors (Lipinski definition) is 1. The first-order valence-electron chi connectivity index (χ1n) is 7.32. The van der Waals surface area contributed by atoms with Crippen LogP contribution in [0.25, 0.3) is 0 Å². The molecule has 0 bridgehead atoms. The third-order valence-electron chi connectivity index (χ3n) is 4.13. The van der Waals surface area contributed by atoms with Crippen molar-refractivity contribution in [1.29, 1.82) is 0 Å². The van der Waals surface area contributed by atoms with E-state index in [1.165, 1.54) is 0 Å². The fourth-order valence-electron chi connectivity index (χ4n) is 2.83. The molecule has 1 aromatic heterocycles. The summed E-state index contributed by atoms with van der Waals surface area (Å²) >= 11 is 0. The third-order valence-corrected chi connectivity index (χ3v) is 4.13. The molecule has 1 N–H and O–H groups in total. The highest BCUT2D eigenvalue weighted by atomic mass is 16.5. The Balaban J connectivity index is 1.76. The minimum atomic E-state index is 0.157. The van der Waals surface area contributed by atoms with Gasteiger partial charge in [0, 0.05) is 50.8 Å². The predicted octanol–water partition coefficient (Wildman–Crippen LogP) is 1.16. The first-order chi connectivity index (χ1) is 9.74. The number of amides is 1. The number of hydrogen-bond acceptors (Lipinski definition) is 4. The van der Waals surface area contributed by atoms with Gasteiger partial charge in [-0.25, -0.2) is 4.98 Å². The van der Waals surface area contributed by atoms with Gasteiger partial charge in [-0.15, -0.1) is 0 Å². The molecule has 3 heterocycles. The second-order valence-electron chi connectivity index (χ2n) is 5.60. The summed E-state index contributed by atoms with van der Waals surface area (Å²) in [5.41, 5.74) is 1.14. The highest BCUT2D eigenvalue weighted by Crippen LogP contribution is 2.32. The number of rotatable bonds is 3. The zero-order valence-corrected chi connectivity index (χ0v) is 11.8. The number of nitrogens with one attached hydrogen (secondary N) is 1. The molecule has 2 aliphatic heterocycles. The molecule has 0 spiro atoms. The second kappa shape index (κ2) is 5.79. The highest BCUT2D eigenvalue weighted by molar-refractivity contribution is 5.73. The zero-order valence-electron chi connectivity index (χ0n) is 11.8. The van der Waals surface area contributed by atoms with Crippen molar-refractivity contribution in [3.8, 4) is 5.88 Å². The monoisotopic (exact) mass is 275 g/mol. The molecule has 108 valence electrons. The molecular formula is C15H21N3O2. The van der Waals surface area contributed by atoms with Crippen LogP contribution >= 0.6 is 0 Å². The first kappa shape index (κ1) is 13.4. The van der Waals surface area contributed by atoms with Crippen molar-refractivity contribution in [2.24, 2.45) is 0 Å². The third kappa shape index (κ3) is 2.77. The van der Waals surface area contributed by atoms with Crippen LogP contribution in [0.4, 0.5) is 0 Å². The fraction of sp³-hybridized carbons (Fsp3) is 0.600. The van der Waals surface area contributed by atoms with E-state index in [0.717, 1.165) is 50.5 Å². The molecule has 0 radical (unpaired) electrons. The summed E-state index contributed by atoms with van der Waals surface area (Å²) in [5.74, 6) is 1.24. The predicted molar refractivity (Wildman–Crippen MR) is 75.8 cm³/mol. The van der Waals surface area contributed by atoms with Gasteiger partial charge < -0.3 is 15.0 Å². The maximum absolute atomic E-state index is 11.6. The number of nitrogens with zero attached hydrogens (tertiary/aromatic N) is 2. The average molecular weight is 275 g/mol. The molecule has 0 saturated carbocycles. The Morgan fingerprint density at radius 2 is 2.35 bits per heavy atom. The molecule has 1 atom stereocenters. The molecule has 2 saturated heterocycles. The van der Waals surface area contributed by atoms with Crippen molar-refractivity contribution in [2.75, 3.05) is 26.2 Å². The lowest BCUT2D eigenvalue weighted by Gasteiger charge is -2.34. The van der Waals surface area contributed by atoms with Gasteiger partial charge >= 0.3 is 0 Å². The van der Waals surface area contributed by atoms with Crippen LogP contribution in [0.3, 0.4) is 0 Å². The van der Waals surface area contributed by atoms with Crippen molar-refractivity contribution in [3.05, 3.63) is 23.9 Å². The van der Waals surface area contributed by atoms with E-state index in [0.29, 0.717) is 5.92 Å². The van der Waals surface area contributed by atoms with Gasteiger partial charge in [-0.1, -0.05) is 6.07 Å². The molecule has 5 nitrogen and oxygen atoms in total. The van der Waals surface area contributed by atoms with E-state index in [2.05, 4.69) is 16.4 Å². The second-order valence-corrected chi connectivity index (χ2v) is 5.60. The number of piperidine rings is 1. The first-order valence-corrected chi connectivity index (χ1v) is 7.32. The highest BCUT2D eigenvalue weighted by Gasteiger charge is 2.27. The van der Waals surface area contributed by atoms with E-state index in [4.69, 9.17) is 4.74 Å². The van der Waals surface area contributed by atoms with E-state index in [1.807, 2.05) is 11.0 Å². The molecule has 20 heavy (non-hydrogen) atoms. The summed E-state index contributed by atoms with van der Waals surface area (Å²) in [6.07, 6.45) is 4.14. The summed E-state index contributed by atoms with van der Waals surface area (Å²) in [4.78, 5) is 17.9. The van der Waals surface area contributed by atoms with E-state index >= 15 is 0 Å². The van der Waals surface area contributed by atoms with Crippen LogP contribution in [0.2, 0.25) is 0 Å². The van der Waals surface area contributed by atoms with Crippen molar-refractivity contribution in [2.45, 2.75) is 31.8 Å². The van der Waals surface area contributed by atoms with Crippen molar-refractivity contribution in [1.82, 2.24) is 15.2 Å². The van der Waals surface area contributed by atoms with Crippen LogP contribution in [-0.2, 0) is 4.79 Å². The lowest BCUT2D eigenvalue weighted by molar-refractivity contribution is -0.130. The van der Waals surface area contributed by atoms with Crippen LogP contribution in [0.5, 0.6) is 5.88 Å². The molecule has 0 aromatic carbocycles. The number of ether oxygens (including phenoxy) is 1. The number of carbonyl (C=O) groups excluding carboxylic acids is 1. The summed E-state index contributed by atoms with van der Waals surface area (Å²) in [6, 6.07) is 4.04. The average Bonchev–Trinajstić information content (AvgIpc) is 2.43. The lowest BCUT2D eigenvalue weighted by atomic mass is 9.91. The Labute approximate surface area is 119 Å². The van der Waals surface area contributed by atoms with E-state index in [1.54, 1.807) is 13.1 Å². The molecule has 5 heteroatoms. The van der Waals surface area contributed by atoms with Crippen molar-refractivity contribution < 1.29 is 9.53 Å². The quantitative estimate of drug-likeness (QED) is 0.899. The minimum Gasteiger partial charge on any atom is -0.471 e. The van der Waals surface area contributed by atoms with Gasteiger partial charge in [-0.3, -0.25) is 4.79 Å². The number of aromatic nitrogens is 1. The molecule has 2 aliphatic rings. The normalized spacial score (nSPS) is 23.2. The Morgan fingerprint density at radius 1 is 1.50 bits per heavy atom. The Bertz CT molecular complexity index is 488. The largest absolute Gasteiger partial charge is 0.471 e. The standard InChI is InChI=1S/C15H21N3O2/c1-11(19)18-7-3-4-12(10-18)14-5-2-6-17-15(14)20-13-8-16-9-13/h2,5-6,12-13,16H,3-4,7-10H2,1H3. The summed E-state index contributed by atoms with van der Waals surface area (Å²) in [5, 5.41) is 3.20. The summed E-state index contributed by atoms with van der Waals surface area (Å²) < 4.78 is 5.95. The molecular weight excluding hydrogens is 254 g/mol. The molecule has 1 aromatic rings. The van der Waals surface area contributed by atoms with E-state index < -0.39 is 0 Å². The van der Waals surface area contributed by atoms with Gasteiger partial charge in [0.1, 0.15) is 6.10 Å². The van der Waals surface area contributed by atoms with Gasteiger partial charge in [0.05, 0.1) is 0 Å². The summed E-state index contributed by atoms with van der Waals surface area (Å²) in [6.45, 7) is 5.07. The zero-order chi connectivity index (χ0) is 13.9. The van der Waals surface area contributed by atoms with Crippen LogP contribution in [0.15, 0.2) is 18.3 Å². The number of likely N-dealkylation sites (tertiary alicyclic amines) is 1. The van der Waals surface area contributed by atoms with Crippen LogP contribution < -0.4 is 10.1 Å². The minimum absolute atomic E-state index is 0.157. The molecule has 1 unspecified atom stereocenters. The van der Waals surface area contributed by atoms with Gasteiger partial charge in [0.25, 0.3) is 0 Å². The Morgan fingerprint density at radius 3 is 3.05 bits per heavy atom. The Kier molecular flexibility index (Phi) is 3.87. The van der Waals surface area contributed by atoms with Crippen molar-refractivity contribution in [3.63, 3.8) is 0 Å². The van der Waals surface area contributed by atoms with Crippen molar-refractivity contribution >= 4 is 5.91 Å². The summed E-state index contributed by atoms with van der Waals surface area (Å²) in [7, 11) is 0. The Hall–Kier alpha value is -1.62. The number of pyridine rings is 1. The number of carbonyl (C=O) groups is 1. The molecule has 2 fully saturated rings. The molecule has 1 amide bonds. The van der Waals surface area contributed by atoms with Gasteiger partial charge in [-0.2, -0.15) is 0 Å². The van der Waals surface area contributed by atoms with Crippen LogP contribution in [0, 0.1) is 0 Å². The van der Waals surface area contributed by atoms with Crippen LogP contribution in [-0.4, -0.2) is 48.1 Å². The van der Waals surface area contributed by atoms with Gasteiger partial charge in [-0.05, 0) is 18.9 Å². The molecule has 0 aliphatic carbocycles. The smallest absolute Gasteiger partial charge is 0.219 e. The fourth-order valence-corrected chi connectivity index (χ4v) is 2.83. The van der Waals surface area contributed by atoms with Gasteiger partial charge in [0.15, 0.2) is 0 Å². The SMILES string of the molecule is CC(=O)N1CCCC(c2cccnc2OC2CNC2)C1. The van der Waals surface area contributed by atoms with Gasteiger partial charge in [0.2, 0.25) is 11.8 Å². The lowest BCUT2D eigenvalue weighted by Crippen LogP contribution is -2.50.